The van der Waals surface area contributed by atoms with Gasteiger partial charge in [-0.15, -0.1) is 32.9 Å². The highest BCUT2D eigenvalue weighted by atomic mass is 28.3. The van der Waals surface area contributed by atoms with Crippen LogP contribution < -0.4 is 0 Å². The van der Waals surface area contributed by atoms with E-state index in [2.05, 4.69) is 32.9 Å². The van der Waals surface area contributed by atoms with Crippen molar-refractivity contribution in [1.82, 2.24) is 4.90 Å². The van der Waals surface area contributed by atoms with Crippen molar-refractivity contribution in [2.45, 2.75) is 18.1 Å². The molecule has 0 unspecified atom stereocenters. The first-order valence-electron chi connectivity index (χ1n) is 6.45. The Labute approximate surface area is 118 Å². The molecule has 0 heterocycles. The van der Waals surface area contributed by atoms with Crippen molar-refractivity contribution in [3.8, 4) is 0 Å². The molecule has 0 aromatic carbocycles. The molecule has 1 amide bonds. The van der Waals surface area contributed by atoms with E-state index in [1.807, 2.05) is 23.1 Å². The fourth-order valence-electron chi connectivity index (χ4n) is 2.23. The van der Waals surface area contributed by atoms with Crippen LogP contribution in [0.5, 0.6) is 0 Å². The summed E-state index contributed by atoms with van der Waals surface area (Å²) < 4.78 is 0. The highest BCUT2D eigenvalue weighted by Crippen LogP contribution is 2.26. The minimum atomic E-state index is -2.20. The predicted octanol–water partition coefficient (Wildman–Crippen LogP) is 4.37. The molecule has 104 valence electrons. The molecule has 0 radical (unpaired) electrons. The predicted molar refractivity (Wildman–Crippen MR) is 88.1 cm³/mol. The lowest BCUT2D eigenvalue weighted by Gasteiger charge is -2.33. The highest BCUT2D eigenvalue weighted by Gasteiger charge is 2.40. The van der Waals surface area contributed by atoms with Gasteiger partial charge < -0.3 is 4.90 Å². The number of amides is 1. The summed E-state index contributed by atoms with van der Waals surface area (Å²) in [6.07, 6.45) is 9.03. The Bertz CT molecular complexity index is 323. The first kappa shape index (κ1) is 17.4. The van der Waals surface area contributed by atoms with Crippen LogP contribution in [0.15, 0.2) is 63.3 Å². The van der Waals surface area contributed by atoms with Crippen LogP contribution in [-0.4, -0.2) is 31.6 Å². The van der Waals surface area contributed by atoms with E-state index in [0.717, 1.165) is 18.1 Å². The standard InChI is InChI=1S/C16H25NOSi/c1-6-11-17(12-7-2)16(18)19(13-8-3,14-9-4)15-10-5/h6-10H,1-5,11-15H2. The number of carbonyl (C=O) groups excluding carboxylic acids is 1. The smallest absolute Gasteiger partial charge is 0.196 e. The van der Waals surface area contributed by atoms with Crippen molar-refractivity contribution in [3.05, 3.63) is 63.3 Å². The number of rotatable bonds is 11. The quantitative estimate of drug-likeness (QED) is 0.405. The molecule has 0 aliphatic heterocycles. The largest absolute Gasteiger partial charge is 0.340 e. The lowest BCUT2D eigenvalue weighted by Crippen LogP contribution is -2.51. The van der Waals surface area contributed by atoms with Gasteiger partial charge in [-0.3, -0.25) is 4.79 Å². The maximum Gasteiger partial charge on any atom is 0.196 e. The first-order valence-corrected chi connectivity index (χ1v) is 9.07. The number of carbonyl (C=O) groups is 1. The van der Waals surface area contributed by atoms with Crippen LogP contribution in [0.25, 0.3) is 0 Å². The molecule has 2 nitrogen and oxygen atoms in total. The van der Waals surface area contributed by atoms with Gasteiger partial charge in [0.15, 0.2) is 13.6 Å². The van der Waals surface area contributed by atoms with Gasteiger partial charge in [0.25, 0.3) is 0 Å². The fraction of sp³-hybridized carbons (Fsp3) is 0.312. The van der Waals surface area contributed by atoms with Crippen LogP contribution in [0, 0.1) is 0 Å². The van der Waals surface area contributed by atoms with Gasteiger partial charge in [0.05, 0.1) is 0 Å². The summed E-state index contributed by atoms with van der Waals surface area (Å²) in [7, 11) is -2.20. The highest BCUT2D eigenvalue weighted by molar-refractivity contribution is 7.06. The van der Waals surface area contributed by atoms with Gasteiger partial charge in [0.2, 0.25) is 0 Å². The Morgan fingerprint density at radius 2 is 1.16 bits per heavy atom. The average Bonchev–Trinajstić information content (AvgIpc) is 2.38. The maximum absolute atomic E-state index is 12.9. The molecule has 0 atom stereocenters. The molecular formula is C16H25NOSi. The summed E-state index contributed by atoms with van der Waals surface area (Å²) >= 11 is 0. The van der Waals surface area contributed by atoms with E-state index in [-0.39, 0.29) is 5.53 Å². The van der Waals surface area contributed by atoms with Crippen molar-refractivity contribution in [2.75, 3.05) is 13.1 Å². The summed E-state index contributed by atoms with van der Waals surface area (Å²) in [5.74, 6) is 0. The lowest BCUT2D eigenvalue weighted by molar-refractivity contribution is 0.229. The summed E-state index contributed by atoms with van der Waals surface area (Å²) in [4.78, 5) is 14.7. The van der Waals surface area contributed by atoms with Crippen molar-refractivity contribution >= 4 is 13.6 Å². The molecule has 0 N–H and O–H groups in total. The zero-order valence-electron chi connectivity index (χ0n) is 11.8. The molecule has 19 heavy (non-hydrogen) atoms. The topological polar surface area (TPSA) is 20.3 Å². The molecule has 0 bridgehead atoms. The molecule has 0 aliphatic rings. The van der Waals surface area contributed by atoms with E-state index in [0.29, 0.717) is 13.1 Å². The summed E-state index contributed by atoms with van der Waals surface area (Å²) in [5.41, 5.74) is 0.215. The average molecular weight is 275 g/mol. The number of hydrogen-bond donors (Lipinski definition) is 0. The van der Waals surface area contributed by atoms with Gasteiger partial charge >= 0.3 is 0 Å². The fourth-order valence-corrected chi connectivity index (χ4v) is 5.76. The summed E-state index contributed by atoms with van der Waals surface area (Å²) in [6.45, 7) is 19.9. The van der Waals surface area contributed by atoms with Gasteiger partial charge in [0, 0.05) is 13.1 Å². The zero-order chi connectivity index (χ0) is 14.7. The third-order valence-electron chi connectivity index (χ3n) is 3.05. The van der Waals surface area contributed by atoms with E-state index in [1.54, 1.807) is 12.2 Å². The van der Waals surface area contributed by atoms with E-state index < -0.39 is 8.07 Å². The summed E-state index contributed by atoms with van der Waals surface area (Å²) in [5, 5.41) is 0. The Kier molecular flexibility index (Phi) is 8.54. The Morgan fingerprint density at radius 1 is 0.789 bits per heavy atom. The third kappa shape index (κ3) is 4.87. The van der Waals surface area contributed by atoms with Crippen LogP contribution in [0.2, 0.25) is 18.1 Å². The van der Waals surface area contributed by atoms with Gasteiger partial charge in [-0.2, -0.15) is 0 Å². The number of allylic oxidation sites excluding steroid dienone is 3. The second-order valence-electron chi connectivity index (χ2n) is 4.55. The Morgan fingerprint density at radius 3 is 1.42 bits per heavy atom. The van der Waals surface area contributed by atoms with Crippen LogP contribution in [0.3, 0.4) is 0 Å². The molecule has 0 rings (SSSR count). The molecule has 0 aromatic rings. The number of hydrogen-bond acceptors (Lipinski definition) is 1. The molecule has 0 fully saturated rings. The molecule has 0 aromatic heterocycles. The third-order valence-corrected chi connectivity index (χ3v) is 7.48. The second kappa shape index (κ2) is 9.33. The minimum absolute atomic E-state index is 0.215. The molecule has 0 saturated heterocycles. The van der Waals surface area contributed by atoms with Crippen molar-refractivity contribution in [3.63, 3.8) is 0 Å². The van der Waals surface area contributed by atoms with Crippen LogP contribution in [0.4, 0.5) is 4.79 Å². The van der Waals surface area contributed by atoms with Crippen molar-refractivity contribution < 1.29 is 4.79 Å². The molecule has 0 aliphatic carbocycles. The minimum Gasteiger partial charge on any atom is -0.340 e. The van der Waals surface area contributed by atoms with E-state index >= 15 is 0 Å². The Balaban J connectivity index is 5.37. The number of nitrogens with zero attached hydrogens (tertiary/aromatic N) is 1. The van der Waals surface area contributed by atoms with E-state index in [9.17, 15) is 4.79 Å². The van der Waals surface area contributed by atoms with Crippen molar-refractivity contribution in [1.29, 1.82) is 0 Å². The Hall–Kier alpha value is -1.61. The van der Waals surface area contributed by atoms with Gasteiger partial charge in [-0.25, -0.2) is 0 Å². The van der Waals surface area contributed by atoms with E-state index in [4.69, 9.17) is 0 Å². The maximum atomic E-state index is 12.9. The molecule has 0 spiro atoms. The van der Waals surface area contributed by atoms with E-state index in [1.165, 1.54) is 0 Å². The lowest BCUT2D eigenvalue weighted by atomic mass is 10.5. The van der Waals surface area contributed by atoms with Gasteiger partial charge in [-0.05, 0) is 18.1 Å². The molecular weight excluding hydrogens is 250 g/mol. The van der Waals surface area contributed by atoms with Gasteiger partial charge in [0.1, 0.15) is 0 Å². The van der Waals surface area contributed by atoms with Crippen molar-refractivity contribution in [2.24, 2.45) is 0 Å². The zero-order valence-corrected chi connectivity index (χ0v) is 12.8. The first-order chi connectivity index (χ1) is 9.11. The monoisotopic (exact) mass is 275 g/mol. The second-order valence-corrected chi connectivity index (χ2v) is 8.76. The molecule has 0 saturated carbocycles. The normalized spacial score (nSPS) is 10.3. The summed E-state index contributed by atoms with van der Waals surface area (Å²) in [6, 6.07) is 2.23. The van der Waals surface area contributed by atoms with Gasteiger partial charge in [-0.1, -0.05) is 30.4 Å². The van der Waals surface area contributed by atoms with Crippen LogP contribution in [0.1, 0.15) is 0 Å². The molecule has 3 heteroatoms. The van der Waals surface area contributed by atoms with Crippen LogP contribution in [-0.2, 0) is 0 Å². The van der Waals surface area contributed by atoms with Crippen LogP contribution >= 0.6 is 0 Å². The SMILES string of the molecule is C=CCN(CC=C)C(=O)[Si](CC=C)(CC=C)CC=C.